The van der Waals surface area contributed by atoms with Crippen LogP contribution in [0.1, 0.15) is 42.3 Å². The zero-order valence-electron chi connectivity index (χ0n) is 18.2. The number of aryl methyl sites for hydroxylation is 1. The van der Waals surface area contributed by atoms with Gasteiger partial charge in [0.15, 0.2) is 5.43 Å². The van der Waals surface area contributed by atoms with E-state index in [1.807, 2.05) is 55.5 Å². The third-order valence-corrected chi connectivity index (χ3v) is 5.33. The minimum absolute atomic E-state index is 0.0266. The predicted molar refractivity (Wildman–Crippen MR) is 126 cm³/mol. The Morgan fingerprint density at radius 1 is 0.871 bits per heavy atom. The molecule has 1 heterocycles. The van der Waals surface area contributed by atoms with Crippen molar-refractivity contribution < 1.29 is 9.21 Å². The summed E-state index contributed by atoms with van der Waals surface area (Å²) in [6.45, 7) is 8.40. The molecule has 0 fully saturated rings. The Hall–Kier alpha value is -3.66. The fourth-order valence-corrected chi connectivity index (χ4v) is 3.42. The van der Waals surface area contributed by atoms with E-state index in [4.69, 9.17) is 4.42 Å². The lowest BCUT2D eigenvalue weighted by Crippen LogP contribution is -2.14. The summed E-state index contributed by atoms with van der Waals surface area (Å²) in [4.78, 5) is 25.4. The van der Waals surface area contributed by atoms with Crippen LogP contribution < -0.4 is 10.7 Å². The summed E-state index contributed by atoms with van der Waals surface area (Å²) in [5.74, 6) is 0.300. The van der Waals surface area contributed by atoms with E-state index in [1.165, 1.54) is 6.07 Å². The number of benzene rings is 3. The van der Waals surface area contributed by atoms with Crippen molar-refractivity contribution in [1.82, 2.24) is 0 Å². The third-order valence-electron chi connectivity index (χ3n) is 5.33. The zero-order valence-corrected chi connectivity index (χ0v) is 18.2. The summed E-state index contributed by atoms with van der Waals surface area (Å²) in [6.07, 6.45) is 0. The molecular formula is C27H25NO3. The molecule has 4 heteroatoms. The van der Waals surface area contributed by atoms with Gasteiger partial charge in [0, 0.05) is 22.9 Å². The zero-order chi connectivity index (χ0) is 22.2. The van der Waals surface area contributed by atoms with Crippen LogP contribution in [0.5, 0.6) is 0 Å². The second kappa shape index (κ2) is 7.88. The van der Waals surface area contributed by atoms with Gasteiger partial charge in [0.1, 0.15) is 11.3 Å². The van der Waals surface area contributed by atoms with Gasteiger partial charge in [0.25, 0.3) is 5.91 Å². The molecule has 0 aliphatic carbocycles. The van der Waals surface area contributed by atoms with Gasteiger partial charge in [0.2, 0.25) is 0 Å². The van der Waals surface area contributed by atoms with Crippen LogP contribution in [0.15, 0.2) is 82.0 Å². The molecule has 156 valence electrons. The minimum Gasteiger partial charge on any atom is -0.456 e. The maximum absolute atomic E-state index is 12.7. The van der Waals surface area contributed by atoms with Crippen molar-refractivity contribution in [3.63, 3.8) is 0 Å². The topological polar surface area (TPSA) is 59.3 Å². The number of hydrogen-bond acceptors (Lipinski definition) is 3. The highest BCUT2D eigenvalue weighted by Crippen LogP contribution is 2.25. The number of carbonyl (C=O) groups excluding carboxylic acids is 1. The average molecular weight is 412 g/mol. The first-order chi connectivity index (χ1) is 14.7. The maximum atomic E-state index is 12.7. The molecule has 0 saturated carbocycles. The number of hydrogen-bond donors (Lipinski definition) is 1. The summed E-state index contributed by atoms with van der Waals surface area (Å²) < 4.78 is 5.95. The van der Waals surface area contributed by atoms with E-state index in [1.54, 1.807) is 18.2 Å². The Kier molecular flexibility index (Phi) is 5.24. The van der Waals surface area contributed by atoms with Crippen LogP contribution in [-0.4, -0.2) is 5.91 Å². The van der Waals surface area contributed by atoms with Gasteiger partial charge in [-0.3, -0.25) is 9.59 Å². The highest BCUT2D eigenvalue weighted by atomic mass is 16.3. The molecule has 1 amide bonds. The molecule has 0 bridgehead atoms. The summed E-state index contributed by atoms with van der Waals surface area (Å²) in [5.41, 5.74) is 4.62. The Morgan fingerprint density at radius 3 is 2.19 bits per heavy atom. The van der Waals surface area contributed by atoms with Crippen molar-refractivity contribution >= 4 is 22.6 Å². The van der Waals surface area contributed by atoms with Crippen molar-refractivity contribution in [3.8, 4) is 11.3 Å². The van der Waals surface area contributed by atoms with Crippen LogP contribution >= 0.6 is 0 Å². The third kappa shape index (κ3) is 4.43. The molecule has 0 radical (unpaired) electrons. The molecule has 1 N–H and O–H groups in total. The summed E-state index contributed by atoms with van der Waals surface area (Å²) in [7, 11) is 0. The van der Waals surface area contributed by atoms with E-state index >= 15 is 0 Å². The van der Waals surface area contributed by atoms with Gasteiger partial charge in [-0.2, -0.15) is 0 Å². The summed E-state index contributed by atoms with van der Waals surface area (Å²) in [5, 5.41) is 3.30. The quantitative estimate of drug-likeness (QED) is 0.429. The second-order valence-electron chi connectivity index (χ2n) is 8.83. The summed E-state index contributed by atoms with van der Waals surface area (Å²) >= 11 is 0. The predicted octanol–water partition coefficient (Wildman–Crippen LogP) is 6.32. The molecule has 4 nitrogen and oxygen atoms in total. The van der Waals surface area contributed by atoms with Gasteiger partial charge in [0.05, 0.1) is 5.39 Å². The molecule has 0 spiro atoms. The molecule has 0 aliphatic heterocycles. The van der Waals surface area contributed by atoms with Crippen molar-refractivity contribution in [2.24, 2.45) is 0 Å². The van der Waals surface area contributed by atoms with Crippen LogP contribution in [-0.2, 0) is 5.41 Å². The maximum Gasteiger partial charge on any atom is 0.255 e. The van der Waals surface area contributed by atoms with Crippen LogP contribution in [0.4, 0.5) is 5.69 Å². The Labute approximate surface area is 181 Å². The van der Waals surface area contributed by atoms with E-state index in [0.717, 1.165) is 16.7 Å². The van der Waals surface area contributed by atoms with E-state index in [2.05, 4.69) is 26.1 Å². The SMILES string of the molecule is Cc1ccc(-c2cc(=O)c3cc(NC(=O)c4ccc(C(C)(C)C)cc4)ccc3o2)cc1. The number of rotatable bonds is 3. The van der Waals surface area contributed by atoms with Crippen molar-refractivity contribution in [2.75, 3.05) is 5.32 Å². The summed E-state index contributed by atoms with van der Waals surface area (Å²) in [6, 6.07) is 22.0. The molecule has 4 rings (SSSR count). The molecular weight excluding hydrogens is 386 g/mol. The lowest BCUT2D eigenvalue weighted by Gasteiger charge is -2.19. The molecule has 4 aromatic rings. The first-order valence-corrected chi connectivity index (χ1v) is 10.3. The van der Waals surface area contributed by atoms with Crippen LogP contribution in [0.25, 0.3) is 22.3 Å². The van der Waals surface area contributed by atoms with E-state index in [9.17, 15) is 9.59 Å². The lowest BCUT2D eigenvalue weighted by atomic mass is 9.87. The highest BCUT2D eigenvalue weighted by Gasteiger charge is 2.15. The number of fused-ring (bicyclic) bond motifs is 1. The normalized spacial score (nSPS) is 11.5. The van der Waals surface area contributed by atoms with Crippen molar-refractivity contribution in [3.05, 3.63) is 99.7 Å². The fourth-order valence-electron chi connectivity index (χ4n) is 3.42. The fraction of sp³-hybridized carbons (Fsp3) is 0.185. The lowest BCUT2D eigenvalue weighted by molar-refractivity contribution is 0.102. The van der Waals surface area contributed by atoms with Crippen LogP contribution in [0.2, 0.25) is 0 Å². The van der Waals surface area contributed by atoms with Crippen LogP contribution in [0, 0.1) is 6.92 Å². The van der Waals surface area contributed by atoms with Gasteiger partial charge >= 0.3 is 0 Å². The van der Waals surface area contributed by atoms with Gasteiger partial charge in [-0.1, -0.05) is 62.7 Å². The largest absolute Gasteiger partial charge is 0.456 e. The van der Waals surface area contributed by atoms with Gasteiger partial charge < -0.3 is 9.73 Å². The second-order valence-corrected chi connectivity index (χ2v) is 8.83. The first-order valence-electron chi connectivity index (χ1n) is 10.3. The van der Waals surface area contributed by atoms with Crippen molar-refractivity contribution in [1.29, 1.82) is 0 Å². The molecule has 3 aromatic carbocycles. The highest BCUT2D eigenvalue weighted by molar-refractivity contribution is 6.05. The van der Waals surface area contributed by atoms with E-state index in [0.29, 0.717) is 28.0 Å². The Morgan fingerprint density at radius 2 is 1.55 bits per heavy atom. The van der Waals surface area contributed by atoms with Gasteiger partial charge in [-0.05, 0) is 48.2 Å². The molecule has 0 aliphatic rings. The first kappa shape index (κ1) is 20.6. The standard InChI is InChI=1S/C27H25NO3/c1-17-5-7-18(8-6-17)25-16-23(29)22-15-21(13-14-24(22)31-25)28-26(30)19-9-11-20(12-10-19)27(2,3)4/h5-16H,1-4H3,(H,28,30). The Balaban J connectivity index is 1.60. The minimum atomic E-state index is -0.222. The number of nitrogens with one attached hydrogen (secondary N) is 1. The monoisotopic (exact) mass is 411 g/mol. The van der Waals surface area contributed by atoms with E-state index in [-0.39, 0.29) is 16.8 Å². The Bertz CT molecular complexity index is 1310. The van der Waals surface area contributed by atoms with Gasteiger partial charge in [-0.15, -0.1) is 0 Å². The number of anilines is 1. The van der Waals surface area contributed by atoms with Crippen molar-refractivity contribution in [2.45, 2.75) is 33.1 Å². The molecule has 31 heavy (non-hydrogen) atoms. The number of amides is 1. The molecule has 0 atom stereocenters. The molecule has 0 unspecified atom stereocenters. The molecule has 0 saturated heterocycles. The van der Waals surface area contributed by atoms with E-state index < -0.39 is 0 Å². The smallest absolute Gasteiger partial charge is 0.255 e. The van der Waals surface area contributed by atoms with Gasteiger partial charge in [-0.25, -0.2) is 0 Å². The average Bonchev–Trinajstić information content (AvgIpc) is 2.74. The van der Waals surface area contributed by atoms with Crippen LogP contribution in [0.3, 0.4) is 0 Å². The molecule has 1 aromatic heterocycles. The number of carbonyl (C=O) groups is 1.